The molecule has 0 unspecified atom stereocenters. The summed E-state index contributed by atoms with van der Waals surface area (Å²) in [5, 5.41) is 1.21. The Hall–Kier alpha value is -8.14. The number of para-hydroxylation sites is 1. The first-order valence-electron chi connectivity index (χ1n) is 24.1. The maximum absolute atomic E-state index is 6.30. The summed E-state index contributed by atoms with van der Waals surface area (Å²) in [6, 6.07) is 42.2. The molecule has 6 aromatic rings. The quantitative estimate of drug-likeness (QED) is 0.129. The molecule has 0 atom stereocenters. The van der Waals surface area contributed by atoms with Gasteiger partial charge in [0.05, 0.1) is 11.2 Å². The molecule has 3 aliphatic rings. The third-order valence-electron chi connectivity index (χ3n) is 13.1. The lowest BCUT2D eigenvalue weighted by Gasteiger charge is -2.29. The van der Waals surface area contributed by atoms with Gasteiger partial charge in [-0.05, 0) is 145 Å². The molecule has 0 saturated heterocycles. The van der Waals surface area contributed by atoms with Crippen LogP contribution in [0.15, 0.2) is 236 Å². The van der Waals surface area contributed by atoms with E-state index < -0.39 is 0 Å². The zero-order chi connectivity index (χ0) is 47.7. The Morgan fingerprint density at radius 1 is 0.696 bits per heavy atom. The van der Waals surface area contributed by atoms with Gasteiger partial charge in [0.15, 0.2) is 0 Å². The minimum Gasteiger partial charge on any atom is -0.493 e. The number of nitrogens with zero attached hydrogens (tertiary/aromatic N) is 2. The number of hydrogen-bond acceptors (Lipinski definition) is 2. The Kier molecular flexibility index (Phi) is 14.1. The van der Waals surface area contributed by atoms with E-state index in [4.69, 9.17) is 4.74 Å². The van der Waals surface area contributed by atoms with E-state index in [-0.39, 0.29) is 0 Å². The molecule has 0 spiro atoms. The van der Waals surface area contributed by atoms with Crippen LogP contribution in [0.2, 0.25) is 0 Å². The zero-order valence-electron chi connectivity index (χ0n) is 40.3. The highest BCUT2D eigenvalue weighted by Crippen LogP contribution is 2.44. The van der Waals surface area contributed by atoms with E-state index >= 15 is 0 Å². The molecule has 9 rings (SSSR count). The smallest absolute Gasteiger partial charge is 0.106 e. The van der Waals surface area contributed by atoms with Gasteiger partial charge in [0.2, 0.25) is 0 Å². The molecule has 2 aliphatic carbocycles. The van der Waals surface area contributed by atoms with Crippen LogP contribution < -0.4 is 4.90 Å². The Balaban J connectivity index is 1.16. The molecule has 0 saturated carbocycles. The lowest BCUT2D eigenvalue weighted by atomic mass is 9.95. The maximum atomic E-state index is 6.30. The van der Waals surface area contributed by atoms with Crippen molar-refractivity contribution < 1.29 is 4.74 Å². The third kappa shape index (κ3) is 9.82. The minimum absolute atomic E-state index is 0.508. The fourth-order valence-corrected chi connectivity index (χ4v) is 9.82. The highest BCUT2D eigenvalue weighted by molar-refractivity contribution is 6.05. The van der Waals surface area contributed by atoms with Gasteiger partial charge in [-0.1, -0.05) is 183 Å². The predicted octanol–water partition coefficient (Wildman–Crippen LogP) is 18.3. The van der Waals surface area contributed by atoms with Gasteiger partial charge in [0, 0.05) is 45.7 Å². The summed E-state index contributed by atoms with van der Waals surface area (Å²) in [7, 11) is 0. The Labute approximate surface area is 409 Å². The SMILES string of the molecule is C=Cc1ccccc1C1=C(C)C=C(c2ccc(N(c3cccc(-c4cccc5c4c(/C=C\C)c(C)n5C(/C=C4\CC(=C)/C=C\C=C/CO4)=C/C)c3)c3ccccc3C3=CC=CC=CC3)cc2)CC=C1. The van der Waals surface area contributed by atoms with Crippen LogP contribution in [-0.2, 0) is 4.74 Å². The number of anilines is 3. The fraction of sp³-hybridized carbons (Fsp3) is 0.121. The van der Waals surface area contributed by atoms with Crippen molar-refractivity contribution in [2.24, 2.45) is 0 Å². The van der Waals surface area contributed by atoms with Gasteiger partial charge in [0.1, 0.15) is 12.4 Å². The molecule has 3 nitrogen and oxygen atoms in total. The van der Waals surface area contributed by atoms with Crippen molar-refractivity contribution in [2.45, 2.75) is 47.0 Å². The van der Waals surface area contributed by atoms with Crippen LogP contribution in [0.25, 0.3) is 56.6 Å². The fourth-order valence-electron chi connectivity index (χ4n) is 9.82. The van der Waals surface area contributed by atoms with Crippen molar-refractivity contribution in [2.75, 3.05) is 11.5 Å². The molecule has 1 aromatic heterocycles. The van der Waals surface area contributed by atoms with Gasteiger partial charge >= 0.3 is 0 Å². The molecule has 0 bridgehead atoms. The van der Waals surface area contributed by atoms with E-state index in [9.17, 15) is 0 Å². The van der Waals surface area contributed by atoms with Gasteiger partial charge in [0.25, 0.3) is 0 Å². The summed E-state index contributed by atoms with van der Waals surface area (Å²) in [5.74, 6) is 0.886. The second kappa shape index (κ2) is 21.2. The first-order chi connectivity index (χ1) is 33.9. The second-order valence-electron chi connectivity index (χ2n) is 17.6. The average molecular weight is 897 g/mol. The van der Waals surface area contributed by atoms with Crippen molar-refractivity contribution >= 4 is 62.5 Å². The predicted molar refractivity (Wildman–Crippen MR) is 299 cm³/mol. The lowest BCUT2D eigenvalue weighted by molar-refractivity contribution is 0.242. The standard InChI is InChI=1S/C66H60N2O/c1-7-24-60-49(6)67(55(9-3)46-58-43-47(4)25-13-12-20-42-69-58)65-37-23-35-63(66(60)65)54-30-21-31-57(45-54)68(64-36-19-18-33-62(64)52-27-14-10-11-15-28-52)56-40-38-51(39-41-56)53-29-22-34-59(48(5)44-53)61-32-17-16-26-50(61)8-2/h7-27,30-41,44-46H,2,4,28-29,42-43H2,1,3,5-6H3/b20-12-,24-7-,25-13-,55-9+,58-46+. The van der Waals surface area contributed by atoms with E-state index in [1.807, 2.05) is 24.3 Å². The molecule has 5 aromatic carbocycles. The van der Waals surface area contributed by atoms with Gasteiger partial charge in [-0.25, -0.2) is 0 Å². The molecule has 69 heavy (non-hydrogen) atoms. The van der Waals surface area contributed by atoms with Crippen LogP contribution in [0, 0.1) is 6.92 Å². The number of rotatable bonds is 11. The highest BCUT2D eigenvalue weighted by Gasteiger charge is 2.22. The van der Waals surface area contributed by atoms with Gasteiger partial charge < -0.3 is 14.2 Å². The van der Waals surface area contributed by atoms with Gasteiger partial charge in [-0.2, -0.15) is 0 Å². The van der Waals surface area contributed by atoms with Crippen LogP contribution in [0.3, 0.4) is 0 Å². The maximum Gasteiger partial charge on any atom is 0.106 e. The van der Waals surface area contributed by atoms with Crippen LogP contribution in [0.4, 0.5) is 17.1 Å². The zero-order valence-corrected chi connectivity index (χ0v) is 40.3. The molecule has 3 heteroatoms. The highest BCUT2D eigenvalue weighted by atomic mass is 16.5. The number of hydrogen-bond donors (Lipinski definition) is 0. The van der Waals surface area contributed by atoms with Crippen LogP contribution in [0.1, 0.15) is 73.5 Å². The van der Waals surface area contributed by atoms with E-state index in [1.165, 1.54) is 55.5 Å². The summed E-state index contributed by atoms with van der Waals surface area (Å²) in [4.78, 5) is 2.43. The molecular formula is C66H60N2O. The molecule has 1 aliphatic heterocycles. The molecule has 0 radical (unpaired) electrons. The molecule has 0 amide bonds. The van der Waals surface area contributed by atoms with Crippen molar-refractivity contribution in [3.8, 4) is 11.1 Å². The van der Waals surface area contributed by atoms with Crippen LogP contribution >= 0.6 is 0 Å². The molecule has 340 valence electrons. The van der Waals surface area contributed by atoms with Gasteiger partial charge in [-0.15, -0.1) is 0 Å². The number of benzene rings is 5. The van der Waals surface area contributed by atoms with Crippen LogP contribution in [-0.4, -0.2) is 11.2 Å². The van der Waals surface area contributed by atoms with Crippen molar-refractivity contribution in [3.05, 3.63) is 270 Å². The number of ether oxygens (including phenoxy) is 1. The topological polar surface area (TPSA) is 17.4 Å². The summed E-state index contributed by atoms with van der Waals surface area (Å²) < 4.78 is 8.68. The monoisotopic (exact) mass is 896 g/mol. The van der Waals surface area contributed by atoms with E-state index in [0.29, 0.717) is 13.0 Å². The Morgan fingerprint density at radius 3 is 2.29 bits per heavy atom. The second-order valence-corrected chi connectivity index (χ2v) is 17.6. The van der Waals surface area contributed by atoms with Crippen molar-refractivity contribution in [3.63, 3.8) is 0 Å². The third-order valence-corrected chi connectivity index (χ3v) is 13.1. The average Bonchev–Trinajstić information content (AvgIpc) is 3.53. The van der Waals surface area contributed by atoms with Crippen molar-refractivity contribution in [1.29, 1.82) is 0 Å². The van der Waals surface area contributed by atoms with E-state index in [1.54, 1.807) is 0 Å². The number of aromatic nitrogens is 1. The van der Waals surface area contributed by atoms with Crippen molar-refractivity contribution in [1.82, 2.24) is 4.57 Å². The normalized spacial score (nSPS) is 16.9. The summed E-state index contributed by atoms with van der Waals surface area (Å²) in [6.45, 7) is 17.5. The first kappa shape index (κ1) is 46.0. The first-order valence-corrected chi connectivity index (χ1v) is 24.1. The Morgan fingerprint density at radius 2 is 1.46 bits per heavy atom. The Bertz CT molecular complexity index is 3300. The largest absolute Gasteiger partial charge is 0.493 e. The molecule has 2 heterocycles. The van der Waals surface area contributed by atoms with Crippen LogP contribution in [0.5, 0.6) is 0 Å². The molecule has 0 fully saturated rings. The summed E-state index contributed by atoms with van der Waals surface area (Å²) >= 11 is 0. The summed E-state index contributed by atoms with van der Waals surface area (Å²) in [5.41, 5.74) is 20.9. The van der Waals surface area contributed by atoms with Gasteiger partial charge in [-0.3, -0.25) is 0 Å². The minimum atomic E-state index is 0.508. The van der Waals surface area contributed by atoms with E-state index in [0.717, 1.165) is 69.3 Å². The number of allylic oxidation sites excluding steroid dienone is 20. The van der Waals surface area contributed by atoms with E-state index in [2.05, 4.69) is 245 Å². The summed E-state index contributed by atoms with van der Waals surface area (Å²) in [6.07, 6.45) is 38.9. The number of fused-ring (bicyclic) bond motifs is 1. The molecular weight excluding hydrogens is 837 g/mol. The molecule has 0 N–H and O–H groups in total. The lowest BCUT2D eigenvalue weighted by Crippen LogP contribution is -2.12.